The number of anilines is 1. The number of aliphatic hydroxyl groups excluding tert-OH is 1. The van der Waals surface area contributed by atoms with Crippen molar-refractivity contribution in [2.45, 2.75) is 6.61 Å². The van der Waals surface area contributed by atoms with Gasteiger partial charge in [-0.3, -0.25) is 4.79 Å². The van der Waals surface area contributed by atoms with Gasteiger partial charge in [0.15, 0.2) is 0 Å². The van der Waals surface area contributed by atoms with Crippen LogP contribution in [0, 0.1) is 3.57 Å². The van der Waals surface area contributed by atoms with Crippen molar-refractivity contribution in [3.63, 3.8) is 0 Å². The summed E-state index contributed by atoms with van der Waals surface area (Å²) in [6.07, 6.45) is 0. The Morgan fingerprint density at radius 2 is 1.67 bits per heavy atom. The normalized spacial score (nSPS) is 10.1. The molecule has 0 bridgehead atoms. The van der Waals surface area contributed by atoms with Gasteiger partial charge in [0.25, 0.3) is 5.91 Å². The Balaban J connectivity index is 2.08. The van der Waals surface area contributed by atoms with E-state index >= 15 is 0 Å². The van der Waals surface area contributed by atoms with Gasteiger partial charge in [-0.15, -0.1) is 0 Å². The predicted octanol–water partition coefficient (Wildman–Crippen LogP) is 3.04. The van der Waals surface area contributed by atoms with Crippen LogP contribution in [0.1, 0.15) is 15.9 Å². The zero-order valence-electron chi connectivity index (χ0n) is 9.56. The Morgan fingerprint density at radius 1 is 1.06 bits per heavy atom. The van der Waals surface area contributed by atoms with Gasteiger partial charge in [-0.05, 0) is 64.6 Å². The molecule has 0 unspecified atom stereocenters. The van der Waals surface area contributed by atoms with Crippen LogP contribution in [0.15, 0.2) is 48.5 Å². The van der Waals surface area contributed by atoms with E-state index in [0.29, 0.717) is 5.56 Å². The summed E-state index contributed by atoms with van der Waals surface area (Å²) in [6.45, 7) is 0.00531. The third-order valence-electron chi connectivity index (χ3n) is 2.50. The van der Waals surface area contributed by atoms with E-state index in [1.54, 1.807) is 36.4 Å². The van der Waals surface area contributed by atoms with Crippen LogP contribution in [0.3, 0.4) is 0 Å². The molecule has 92 valence electrons. The summed E-state index contributed by atoms with van der Waals surface area (Å²) in [6, 6.07) is 14.5. The number of amides is 1. The van der Waals surface area contributed by atoms with Gasteiger partial charge in [-0.2, -0.15) is 0 Å². The number of hydrogen-bond acceptors (Lipinski definition) is 2. The zero-order valence-corrected chi connectivity index (χ0v) is 11.7. The summed E-state index contributed by atoms with van der Waals surface area (Å²) < 4.78 is 1.09. The molecule has 18 heavy (non-hydrogen) atoms. The van der Waals surface area contributed by atoms with Crippen LogP contribution in [0.5, 0.6) is 0 Å². The number of hydrogen-bond donors (Lipinski definition) is 2. The Hall–Kier alpha value is -1.40. The zero-order chi connectivity index (χ0) is 13.0. The Labute approximate surface area is 119 Å². The molecule has 0 saturated heterocycles. The second kappa shape index (κ2) is 5.97. The van der Waals surface area contributed by atoms with Gasteiger partial charge in [0, 0.05) is 14.8 Å². The monoisotopic (exact) mass is 353 g/mol. The molecule has 2 rings (SSSR count). The van der Waals surface area contributed by atoms with E-state index < -0.39 is 0 Å². The highest BCUT2D eigenvalue weighted by Crippen LogP contribution is 2.12. The highest BCUT2D eigenvalue weighted by Gasteiger charge is 2.05. The molecule has 3 nitrogen and oxygen atoms in total. The maximum Gasteiger partial charge on any atom is 0.255 e. The largest absolute Gasteiger partial charge is 0.392 e. The molecule has 0 fully saturated rings. The summed E-state index contributed by atoms with van der Waals surface area (Å²) in [7, 11) is 0. The molecule has 0 radical (unpaired) electrons. The van der Waals surface area contributed by atoms with Crippen LogP contribution in [-0.2, 0) is 6.61 Å². The van der Waals surface area contributed by atoms with Gasteiger partial charge in [-0.25, -0.2) is 0 Å². The lowest BCUT2D eigenvalue weighted by Crippen LogP contribution is -2.11. The SMILES string of the molecule is O=C(Nc1ccc(CO)cc1)c1ccc(I)cc1. The number of carbonyl (C=O) groups excluding carboxylic acids is 1. The van der Waals surface area contributed by atoms with Crippen LogP contribution in [0.2, 0.25) is 0 Å². The molecular weight excluding hydrogens is 341 g/mol. The van der Waals surface area contributed by atoms with E-state index in [4.69, 9.17) is 5.11 Å². The minimum Gasteiger partial charge on any atom is -0.392 e. The fourth-order valence-electron chi connectivity index (χ4n) is 1.50. The predicted molar refractivity (Wildman–Crippen MR) is 79.5 cm³/mol. The molecule has 2 aromatic rings. The summed E-state index contributed by atoms with van der Waals surface area (Å²) >= 11 is 2.20. The van der Waals surface area contributed by atoms with E-state index in [1.165, 1.54) is 0 Å². The van der Waals surface area contributed by atoms with Crippen molar-refractivity contribution >= 4 is 34.2 Å². The van der Waals surface area contributed by atoms with Crippen molar-refractivity contribution in [3.05, 3.63) is 63.2 Å². The summed E-state index contributed by atoms with van der Waals surface area (Å²) in [5.74, 6) is -0.136. The van der Waals surface area contributed by atoms with Gasteiger partial charge in [0.05, 0.1) is 6.61 Å². The van der Waals surface area contributed by atoms with E-state index in [-0.39, 0.29) is 12.5 Å². The van der Waals surface area contributed by atoms with Crippen molar-refractivity contribution in [2.24, 2.45) is 0 Å². The molecule has 1 amide bonds. The first kappa shape index (κ1) is 13.0. The quantitative estimate of drug-likeness (QED) is 0.834. The van der Waals surface area contributed by atoms with E-state index in [0.717, 1.165) is 14.8 Å². The molecule has 2 aromatic carbocycles. The van der Waals surface area contributed by atoms with E-state index in [2.05, 4.69) is 27.9 Å². The molecule has 2 N–H and O–H groups in total. The van der Waals surface area contributed by atoms with Gasteiger partial charge in [0.1, 0.15) is 0 Å². The average molecular weight is 353 g/mol. The van der Waals surface area contributed by atoms with Crippen LogP contribution in [0.25, 0.3) is 0 Å². The van der Waals surface area contributed by atoms with Crippen molar-refractivity contribution in [3.8, 4) is 0 Å². The fraction of sp³-hybridized carbons (Fsp3) is 0.0714. The van der Waals surface area contributed by atoms with E-state index in [9.17, 15) is 4.79 Å². The van der Waals surface area contributed by atoms with Crippen molar-refractivity contribution in [2.75, 3.05) is 5.32 Å². The lowest BCUT2D eigenvalue weighted by Gasteiger charge is -2.06. The summed E-state index contributed by atoms with van der Waals surface area (Å²) in [4.78, 5) is 11.9. The molecule has 0 saturated carbocycles. The maximum atomic E-state index is 11.9. The van der Waals surface area contributed by atoms with Crippen molar-refractivity contribution in [1.82, 2.24) is 0 Å². The van der Waals surface area contributed by atoms with Crippen molar-refractivity contribution in [1.29, 1.82) is 0 Å². The molecule has 4 heteroatoms. The molecule has 0 aliphatic heterocycles. The van der Waals surface area contributed by atoms with Crippen LogP contribution < -0.4 is 5.32 Å². The molecule has 0 atom stereocenters. The molecule has 0 aromatic heterocycles. The lowest BCUT2D eigenvalue weighted by atomic mass is 10.2. The maximum absolute atomic E-state index is 11.9. The highest BCUT2D eigenvalue weighted by atomic mass is 127. The smallest absolute Gasteiger partial charge is 0.255 e. The molecular formula is C14H12INO2. The van der Waals surface area contributed by atoms with Gasteiger partial charge < -0.3 is 10.4 Å². The fourth-order valence-corrected chi connectivity index (χ4v) is 1.86. The molecule has 0 spiro atoms. The lowest BCUT2D eigenvalue weighted by molar-refractivity contribution is 0.102. The van der Waals surface area contributed by atoms with E-state index in [1.807, 2.05) is 12.1 Å². The van der Waals surface area contributed by atoms with Crippen LogP contribution in [-0.4, -0.2) is 11.0 Å². The first-order valence-corrected chi connectivity index (χ1v) is 6.53. The number of carbonyl (C=O) groups is 1. The van der Waals surface area contributed by atoms with Gasteiger partial charge in [0.2, 0.25) is 0 Å². The average Bonchev–Trinajstić information content (AvgIpc) is 2.40. The Bertz CT molecular complexity index is 535. The van der Waals surface area contributed by atoms with Gasteiger partial charge >= 0.3 is 0 Å². The van der Waals surface area contributed by atoms with Gasteiger partial charge in [-0.1, -0.05) is 12.1 Å². The Kier molecular flexibility index (Phi) is 4.33. The van der Waals surface area contributed by atoms with Crippen LogP contribution >= 0.6 is 22.6 Å². The standard InChI is InChI=1S/C14H12INO2/c15-12-5-3-11(4-6-12)14(18)16-13-7-1-10(9-17)2-8-13/h1-8,17H,9H2,(H,16,18). The molecule has 0 aliphatic carbocycles. The third kappa shape index (κ3) is 3.30. The second-order valence-corrected chi connectivity index (χ2v) is 5.06. The summed E-state index contributed by atoms with van der Waals surface area (Å²) in [5.41, 5.74) is 2.17. The Morgan fingerprint density at radius 3 is 2.22 bits per heavy atom. The minimum atomic E-state index is -0.136. The van der Waals surface area contributed by atoms with Crippen LogP contribution in [0.4, 0.5) is 5.69 Å². The highest BCUT2D eigenvalue weighted by molar-refractivity contribution is 14.1. The molecule has 0 aliphatic rings. The number of nitrogens with one attached hydrogen (secondary N) is 1. The molecule has 0 heterocycles. The number of aliphatic hydroxyl groups is 1. The number of benzene rings is 2. The number of rotatable bonds is 3. The second-order valence-electron chi connectivity index (χ2n) is 3.82. The first-order valence-electron chi connectivity index (χ1n) is 5.46. The first-order chi connectivity index (χ1) is 8.69. The third-order valence-corrected chi connectivity index (χ3v) is 3.22. The number of halogens is 1. The summed E-state index contributed by atoms with van der Waals surface area (Å²) in [5, 5.41) is 11.7. The minimum absolute atomic E-state index is 0.00531. The topological polar surface area (TPSA) is 49.3 Å². The van der Waals surface area contributed by atoms with Crippen molar-refractivity contribution < 1.29 is 9.90 Å².